The Morgan fingerprint density at radius 2 is 0.868 bits per heavy atom. The molecule has 528 valence electrons. The van der Waals surface area contributed by atoms with E-state index in [1.54, 1.807) is 17.6 Å². The van der Waals surface area contributed by atoms with E-state index >= 15 is 0 Å². The molecule has 7 heterocycles. The van der Waals surface area contributed by atoms with Crippen molar-refractivity contribution in [2.75, 3.05) is 32.8 Å². The molecule has 7 rings (SSSR count). The maximum Gasteiger partial charge on any atom is 0.199 e. The maximum atomic E-state index is 5.61. The van der Waals surface area contributed by atoms with Gasteiger partial charge in [-0.3, -0.25) is 9.80 Å². The molecule has 4 aromatic heterocycles. The van der Waals surface area contributed by atoms with Crippen molar-refractivity contribution >= 4 is 17.2 Å². The Morgan fingerprint density at radius 1 is 0.429 bits per heavy atom. The van der Waals surface area contributed by atoms with Crippen LogP contribution in [0.4, 0.5) is 0 Å². The maximum absolute atomic E-state index is 5.61. The first kappa shape index (κ1) is 85.8. The van der Waals surface area contributed by atoms with Gasteiger partial charge in [-0.15, -0.1) is 11.3 Å². The molecule has 2 fully saturated rings. The molecule has 91 heavy (non-hydrogen) atoms. The number of ether oxygens (including phenoxy) is 1. The smallest absolute Gasteiger partial charge is 0.199 e. The minimum absolute atomic E-state index is 0.00347. The van der Waals surface area contributed by atoms with Crippen molar-refractivity contribution in [2.24, 2.45) is 38.5 Å². The van der Waals surface area contributed by atoms with Gasteiger partial charge in [0.05, 0.1) is 28.7 Å². The lowest BCUT2D eigenvalue weighted by Crippen LogP contribution is -2.40. The highest BCUT2D eigenvalue weighted by Gasteiger charge is 2.38. The number of furan rings is 1. The number of aromatic nitrogens is 3. The second-order valence-corrected chi connectivity index (χ2v) is 42.2. The van der Waals surface area contributed by atoms with Crippen molar-refractivity contribution < 1.29 is 13.6 Å². The van der Waals surface area contributed by atoms with E-state index in [1.807, 2.05) is 6.26 Å². The van der Waals surface area contributed by atoms with Gasteiger partial charge in [-0.2, -0.15) is 0 Å². The Kier molecular flexibility index (Phi) is 29.1. The van der Waals surface area contributed by atoms with Crippen molar-refractivity contribution in [1.29, 1.82) is 0 Å². The van der Waals surface area contributed by atoms with Crippen LogP contribution < -0.4 is 0 Å². The van der Waals surface area contributed by atoms with Crippen LogP contribution in [0.3, 0.4) is 0 Å². The molecule has 10 heteroatoms. The van der Waals surface area contributed by atoms with E-state index in [0.717, 1.165) is 41.7 Å². The molecule has 0 radical (unpaired) electrons. The quantitative estimate of drug-likeness (QED) is 0.173. The average molecular weight is 1290 g/mol. The van der Waals surface area contributed by atoms with Crippen LogP contribution in [0, 0.1) is 33.5 Å². The van der Waals surface area contributed by atoms with E-state index in [-0.39, 0.29) is 54.3 Å². The third kappa shape index (κ3) is 30.2. The predicted molar refractivity (Wildman–Crippen MR) is 402 cm³/mol. The highest BCUT2D eigenvalue weighted by molar-refractivity contribution is 7.09. The van der Waals surface area contributed by atoms with Gasteiger partial charge in [-0.05, 0) is 150 Å². The molecule has 9 nitrogen and oxygen atoms in total. The summed E-state index contributed by atoms with van der Waals surface area (Å²) in [5.41, 5.74) is 8.09. The van der Waals surface area contributed by atoms with Crippen molar-refractivity contribution in [2.45, 2.75) is 364 Å². The zero-order chi connectivity index (χ0) is 71.9. The highest BCUT2D eigenvalue weighted by atomic mass is 32.1. The molecule has 0 aliphatic carbocycles. The lowest BCUT2D eigenvalue weighted by Gasteiger charge is -2.33. The standard InChI is InChI=1S/2C12H25N.C12H21N.C12H20O.C11H21NO.C11H19NO.C11H19NS/c3*1-11(2,3)10-7-8-13(9-10)12(4,5)6;1-11(2,3)9-7-10(13-8-9)12(4,5)6;3*1-10(2,3)8-7-13-9(12-8)11(4,5)6/h2*10H,7-9H2,1-6H3;7-9H,1-6H3;7-8H,1-6H3;8H,7H2,1-6H3;2*7H,1-6H3. The second-order valence-electron chi connectivity index (χ2n) is 41.3. The summed E-state index contributed by atoms with van der Waals surface area (Å²) < 4.78 is 18.9. The molecule has 0 saturated carbocycles. The summed E-state index contributed by atoms with van der Waals surface area (Å²) in [6.07, 6.45) is 10.8. The van der Waals surface area contributed by atoms with Crippen LogP contribution in [0.25, 0.3) is 0 Å². The van der Waals surface area contributed by atoms with Gasteiger partial charge in [0.1, 0.15) is 18.6 Å². The number of likely N-dealkylation sites (tertiary alicyclic amines) is 2. The first-order chi connectivity index (χ1) is 40.0. The molecule has 2 saturated heterocycles. The topological polar surface area (TPSA) is 85.1 Å². The van der Waals surface area contributed by atoms with E-state index in [4.69, 9.17) is 13.6 Å². The molecule has 3 aliphatic rings. The van der Waals surface area contributed by atoms with Crippen molar-refractivity contribution in [3.63, 3.8) is 0 Å². The molecule has 3 unspecified atom stereocenters. The molecule has 3 aliphatic heterocycles. The minimum atomic E-state index is 0.00347. The van der Waals surface area contributed by atoms with Crippen molar-refractivity contribution in [1.82, 2.24) is 24.3 Å². The Labute approximate surface area is 569 Å². The summed E-state index contributed by atoms with van der Waals surface area (Å²) in [5.74, 6) is 4.56. The van der Waals surface area contributed by atoms with Gasteiger partial charge in [-0.25, -0.2) is 15.0 Å². The number of rotatable bonds is 0. The fourth-order valence-corrected chi connectivity index (χ4v) is 10.8. The highest BCUT2D eigenvalue weighted by Crippen LogP contribution is 2.39. The number of nitrogens with zero attached hydrogens (tertiary/aromatic N) is 6. The number of oxazole rings is 1. The van der Waals surface area contributed by atoms with Gasteiger partial charge < -0.3 is 18.1 Å². The molecular formula is C81H150N6O3S. The Balaban J connectivity index is 0.000000531. The van der Waals surface area contributed by atoms with Gasteiger partial charge in [0.15, 0.2) is 11.8 Å². The summed E-state index contributed by atoms with van der Waals surface area (Å²) in [4.78, 5) is 19.0. The van der Waals surface area contributed by atoms with Gasteiger partial charge in [0.2, 0.25) is 0 Å². The van der Waals surface area contributed by atoms with Gasteiger partial charge >= 0.3 is 0 Å². The molecule has 3 atom stereocenters. The molecular weight excluding hydrogens is 1140 g/mol. The third-order valence-electron chi connectivity index (χ3n) is 17.4. The molecule has 0 bridgehead atoms. The molecule has 0 aromatic carbocycles. The first-order valence-electron chi connectivity index (χ1n) is 34.9. The Morgan fingerprint density at radius 3 is 1.07 bits per heavy atom. The lowest BCUT2D eigenvalue weighted by molar-refractivity contribution is 0.148. The molecule has 4 aromatic rings. The summed E-state index contributed by atoms with van der Waals surface area (Å²) in [6.45, 7) is 99.4. The second kappa shape index (κ2) is 30.9. The number of hydrogen-bond acceptors (Lipinski definition) is 9. The Hall–Kier alpha value is -3.21. The number of aliphatic imine (C=N–C) groups is 1. The average Bonchev–Trinajstić information content (AvgIpc) is 1.87. The van der Waals surface area contributed by atoms with E-state index < -0.39 is 0 Å². The third-order valence-corrected chi connectivity index (χ3v) is 18.7. The monoisotopic (exact) mass is 1290 g/mol. The summed E-state index contributed by atoms with van der Waals surface area (Å²) >= 11 is 1.77. The molecule has 0 N–H and O–H groups in total. The van der Waals surface area contributed by atoms with E-state index in [2.05, 4.69) is 350 Å². The normalized spacial score (nSPS) is 18.7. The van der Waals surface area contributed by atoms with Crippen molar-refractivity contribution in [3.05, 3.63) is 81.6 Å². The summed E-state index contributed by atoms with van der Waals surface area (Å²) in [7, 11) is 0. The van der Waals surface area contributed by atoms with Gasteiger partial charge in [-0.1, -0.05) is 228 Å². The fraction of sp³-hybridized carbons (Fsp3) is 0.815. The number of hydrogen-bond donors (Lipinski definition) is 0. The van der Waals surface area contributed by atoms with Crippen LogP contribution >= 0.6 is 11.3 Å². The lowest BCUT2D eigenvalue weighted by atomic mass is 9.80. The van der Waals surface area contributed by atoms with E-state index in [9.17, 15) is 0 Å². The van der Waals surface area contributed by atoms with Crippen LogP contribution in [0.2, 0.25) is 0 Å². The fourth-order valence-electron chi connectivity index (χ4n) is 9.69. The summed E-state index contributed by atoms with van der Waals surface area (Å²) in [6, 6.07) is 4.70. The largest absolute Gasteiger partial charge is 0.478 e. The Bertz CT molecular complexity index is 2320. The molecule has 0 spiro atoms. The number of thiazole rings is 1. The van der Waals surface area contributed by atoms with Crippen LogP contribution in [0.15, 0.2) is 56.3 Å². The first-order valence-corrected chi connectivity index (χ1v) is 35.8. The van der Waals surface area contributed by atoms with Crippen LogP contribution in [-0.4, -0.2) is 80.1 Å². The van der Waals surface area contributed by atoms with Crippen LogP contribution in [0.5, 0.6) is 0 Å². The summed E-state index contributed by atoms with van der Waals surface area (Å²) in [5, 5.41) is 3.41. The van der Waals surface area contributed by atoms with Crippen LogP contribution in [0.1, 0.15) is 343 Å². The van der Waals surface area contributed by atoms with Gasteiger partial charge in [0.25, 0.3) is 0 Å². The SMILES string of the molecule is CC(C)(C)C1=NC(C(C)(C)C)CO1.CC(C)(C)C1CCN(C(C)(C)C)C1.CC(C)(C)C1CCN(C(C)(C)C)C1.CC(C)(C)c1ccn(C(C)(C)C)c1.CC(C)(C)c1coc(C(C)(C)C)c1.CC(C)(C)c1coc(C(C)(C)C)n1.CC(C)(C)c1csc(C(C)(C)C)n1. The zero-order valence-electron chi connectivity index (χ0n) is 68.0. The van der Waals surface area contributed by atoms with Crippen LogP contribution in [-0.2, 0) is 48.2 Å². The predicted octanol–water partition coefficient (Wildman–Crippen LogP) is 23.6. The van der Waals surface area contributed by atoms with Gasteiger partial charge in [0, 0.05) is 80.0 Å². The zero-order valence-corrected chi connectivity index (χ0v) is 68.9. The molecule has 0 amide bonds. The minimum Gasteiger partial charge on any atom is -0.478 e. The van der Waals surface area contributed by atoms with Crippen molar-refractivity contribution in [3.8, 4) is 0 Å². The van der Waals surface area contributed by atoms with E-state index in [1.165, 1.54) is 60.8 Å². The van der Waals surface area contributed by atoms with E-state index in [0.29, 0.717) is 27.9 Å².